The van der Waals surface area contributed by atoms with E-state index in [1.165, 1.54) is 31.3 Å². The van der Waals surface area contributed by atoms with Crippen molar-refractivity contribution < 1.29 is 27.5 Å². The molecule has 2 aromatic rings. The van der Waals surface area contributed by atoms with Crippen LogP contribution in [0.4, 0.5) is 5.69 Å². The quantitative estimate of drug-likeness (QED) is 0.442. The summed E-state index contributed by atoms with van der Waals surface area (Å²) in [6.45, 7) is 1.18. The van der Waals surface area contributed by atoms with Crippen LogP contribution in [0, 0.1) is 0 Å². The molecule has 2 amide bonds. The van der Waals surface area contributed by atoms with Crippen molar-refractivity contribution in [1.29, 1.82) is 0 Å². The van der Waals surface area contributed by atoms with Gasteiger partial charge in [-0.3, -0.25) is 13.9 Å². The fourth-order valence-corrected chi connectivity index (χ4v) is 5.59. The molecule has 1 N–H and O–H groups in total. The van der Waals surface area contributed by atoms with E-state index in [1.807, 2.05) is 0 Å². The highest BCUT2D eigenvalue weighted by molar-refractivity contribution is 7.92. The van der Waals surface area contributed by atoms with Crippen molar-refractivity contribution in [3.8, 4) is 11.5 Å². The number of methoxy groups -OCH3 is 2. The Labute approximate surface area is 230 Å². The molecular weight excluding hydrogens is 530 g/mol. The molecule has 0 saturated heterocycles. The molecule has 0 aliphatic heterocycles. The van der Waals surface area contributed by atoms with Gasteiger partial charge < -0.3 is 19.7 Å². The number of sulfonamides is 1. The highest BCUT2D eigenvalue weighted by atomic mass is 35.5. The van der Waals surface area contributed by atoms with Crippen LogP contribution in [-0.4, -0.2) is 64.2 Å². The highest BCUT2D eigenvalue weighted by Crippen LogP contribution is 2.32. The summed E-state index contributed by atoms with van der Waals surface area (Å²) in [5.74, 6) is -0.0885. The van der Waals surface area contributed by atoms with E-state index in [1.54, 1.807) is 37.3 Å². The Morgan fingerprint density at radius 2 is 1.71 bits per heavy atom. The minimum absolute atomic E-state index is 0.0430. The molecule has 0 unspecified atom stereocenters. The molecule has 0 aromatic heterocycles. The Balaban J connectivity index is 1.91. The molecule has 0 heterocycles. The number of anilines is 1. The number of ether oxygens (including phenoxy) is 2. The molecule has 1 fully saturated rings. The molecule has 11 heteroatoms. The summed E-state index contributed by atoms with van der Waals surface area (Å²) in [6, 6.07) is 10.9. The van der Waals surface area contributed by atoms with Crippen LogP contribution in [0.5, 0.6) is 11.5 Å². The van der Waals surface area contributed by atoms with Crippen molar-refractivity contribution >= 4 is 39.1 Å². The monoisotopic (exact) mass is 565 g/mol. The summed E-state index contributed by atoms with van der Waals surface area (Å²) >= 11 is 6.38. The van der Waals surface area contributed by atoms with Crippen LogP contribution < -0.4 is 19.1 Å². The van der Waals surface area contributed by atoms with Crippen LogP contribution in [0.15, 0.2) is 42.5 Å². The maximum absolute atomic E-state index is 13.7. The molecule has 1 saturated carbocycles. The predicted octanol–water partition coefficient (Wildman–Crippen LogP) is 3.99. The molecule has 0 bridgehead atoms. The number of nitrogens with zero attached hydrogens (tertiary/aromatic N) is 2. The number of benzene rings is 2. The molecule has 1 aliphatic carbocycles. The Morgan fingerprint density at radius 3 is 2.32 bits per heavy atom. The number of carbonyl (C=O) groups excluding carboxylic acids is 2. The Morgan fingerprint density at radius 1 is 1.05 bits per heavy atom. The Hall–Kier alpha value is -2.98. The first-order chi connectivity index (χ1) is 18.0. The number of amides is 2. The lowest BCUT2D eigenvalue weighted by Gasteiger charge is -2.33. The summed E-state index contributed by atoms with van der Waals surface area (Å²) in [4.78, 5) is 28.4. The average Bonchev–Trinajstić information content (AvgIpc) is 2.90. The first-order valence-electron chi connectivity index (χ1n) is 12.6. The van der Waals surface area contributed by atoms with Crippen LogP contribution in [0.3, 0.4) is 0 Å². The first kappa shape index (κ1) is 29.6. The predicted molar refractivity (Wildman–Crippen MR) is 148 cm³/mol. The van der Waals surface area contributed by atoms with Gasteiger partial charge >= 0.3 is 0 Å². The number of halogens is 1. The standard InChI is InChI=1S/C27H36ClN3O6S/c1-19(27(33)29-21-11-6-5-7-12-21)30(17-20-10-8-9-13-23(20)28)26(32)18-31(38(4,34)35)22-14-15-24(36-2)25(16-22)37-3/h8-10,13-16,19,21H,5-7,11-12,17-18H2,1-4H3,(H,29,33)/t19-/m0/s1. The molecule has 2 aromatic carbocycles. The van der Waals surface area contributed by atoms with Crippen LogP contribution >= 0.6 is 11.6 Å². The van der Waals surface area contributed by atoms with Crippen LogP contribution in [0.2, 0.25) is 5.02 Å². The number of hydrogen-bond donors (Lipinski definition) is 1. The zero-order valence-corrected chi connectivity index (χ0v) is 23.8. The van der Waals surface area contributed by atoms with Gasteiger partial charge in [-0.25, -0.2) is 8.42 Å². The van der Waals surface area contributed by atoms with Gasteiger partial charge in [0.05, 0.1) is 26.2 Å². The lowest BCUT2D eigenvalue weighted by molar-refractivity contribution is -0.139. The normalized spacial score (nSPS) is 14.9. The van der Waals surface area contributed by atoms with Gasteiger partial charge in [0.25, 0.3) is 0 Å². The smallest absolute Gasteiger partial charge is 0.244 e. The van der Waals surface area contributed by atoms with Gasteiger partial charge in [-0.1, -0.05) is 49.1 Å². The topological polar surface area (TPSA) is 105 Å². The van der Waals surface area contributed by atoms with Gasteiger partial charge in [0.2, 0.25) is 21.8 Å². The molecule has 0 radical (unpaired) electrons. The molecular formula is C27H36ClN3O6S. The maximum atomic E-state index is 13.7. The third-order valence-corrected chi connectivity index (χ3v) is 8.26. The molecule has 3 rings (SSSR count). The van der Waals surface area contributed by atoms with E-state index in [0.29, 0.717) is 22.1 Å². The van der Waals surface area contributed by atoms with Gasteiger partial charge in [-0.05, 0) is 43.5 Å². The summed E-state index contributed by atoms with van der Waals surface area (Å²) < 4.78 is 37.2. The summed E-state index contributed by atoms with van der Waals surface area (Å²) in [6.07, 6.45) is 6.08. The zero-order valence-electron chi connectivity index (χ0n) is 22.3. The summed E-state index contributed by atoms with van der Waals surface area (Å²) in [7, 11) is -0.964. The van der Waals surface area contributed by atoms with E-state index in [9.17, 15) is 18.0 Å². The molecule has 1 atom stereocenters. The van der Waals surface area contributed by atoms with E-state index < -0.39 is 28.5 Å². The van der Waals surface area contributed by atoms with Crippen LogP contribution in [0.25, 0.3) is 0 Å². The summed E-state index contributed by atoms with van der Waals surface area (Å²) in [5.41, 5.74) is 0.882. The number of nitrogens with one attached hydrogen (secondary N) is 1. The second-order valence-corrected chi connectivity index (χ2v) is 11.8. The highest BCUT2D eigenvalue weighted by Gasteiger charge is 2.31. The lowest BCUT2D eigenvalue weighted by atomic mass is 9.95. The second kappa shape index (κ2) is 13.2. The van der Waals surface area contributed by atoms with Gasteiger partial charge in [-0.2, -0.15) is 0 Å². The third kappa shape index (κ3) is 7.54. The van der Waals surface area contributed by atoms with E-state index >= 15 is 0 Å². The summed E-state index contributed by atoms with van der Waals surface area (Å²) in [5, 5.41) is 3.52. The van der Waals surface area contributed by atoms with Crippen LogP contribution in [0.1, 0.15) is 44.6 Å². The van der Waals surface area contributed by atoms with Crippen molar-refractivity contribution in [3.05, 3.63) is 53.1 Å². The fraction of sp³-hybridized carbons (Fsp3) is 0.481. The molecule has 38 heavy (non-hydrogen) atoms. The number of hydrogen-bond acceptors (Lipinski definition) is 6. The second-order valence-electron chi connectivity index (χ2n) is 9.44. The number of carbonyl (C=O) groups is 2. The number of rotatable bonds is 11. The zero-order chi connectivity index (χ0) is 27.9. The Kier molecular flexibility index (Phi) is 10.3. The molecule has 9 nitrogen and oxygen atoms in total. The first-order valence-corrected chi connectivity index (χ1v) is 14.8. The van der Waals surface area contributed by atoms with Crippen molar-refractivity contribution in [3.63, 3.8) is 0 Å². The van der Waals surface area contributed by atoms with E-state index in [-0.39, 0.29) is 24.2 Å². The van der Waals surface area contributed by atoms with Crippen molar-refractivity contribution in [2.75, 3.05) is 31.3 Å². The van der Waals surface area contributed by atoms with Crippen molar-refractivity contribution in [2.45, 2.75) is 57.7 Å². The fourth-order valence-electron chi connectivity index (χ4n) is 4.56. The molecule has 0 spiro atoms. The minimum atomic E-state index is -3.88. The van der Waals surface area contributed by atoms with Crippen LogP contribution in [-0.2, 0) is 26.2 Å². The van der Waals surface area contributed by atoms with Gasteiger partial charge in [0, 0.05) is 23.7 Å². The maximum Gasteiger partial charge on any atom is 0.244 e. The van der Waals surface area contributed by atoms with E-state index in [2.05, 4.69) is 5.32 Å². The molecule has 208 valence electrons. The third-order valence-electron chi connectivity index (χ3n) is 6.75. The van der Waals surface area contributed by atoms with Crippen molar-refractivity contribution in [2.24, 2.45) is 0 Å². The average molecular weight is 566 g/mol. The SMILES string of the molecule is COc1ccc(N(CC(=O)N(Cc2ccccc2Cl)[C@@H](C)C(=O)NC2CCCCC2)S(C)(=O)=O)cc1OC. The Bertz CT molecular complexity index is 1230. The van der Waals surface area contributed by atoms with Gasteiger partial charge in [0.1, 0.15) is 12.6 Å². The lowest BCUT2D eigenvalue weighted by Crippen LogP contribution is -2.53. The van der Waals surface area contributed by atoms with Crippen molar-refractivity contribution in [1.82, 2.24) is 10.2 Å². The molecule has 1 aliphatic rings. The van der Waals surface area contributed by atoms with E-state index in [0.717, 1.165) is 42.7 Å². The van der Waals surface area contributed by atoms with E-state index in [4.69, 9.17) is 21.1 Å². The minimum Gasteiger partial charge on any atom is -0.493 e. The van der Waals surface area contributed by atoms with Gasteiger partial charge in [-0.15, -0.1) is 0 Å². The van der Waals surface area contributed by atoms with Gasteiger partial charge in [0.15, 0.2) is 11.5 Å². The largest absolute Gasteiger partial charge is 0.493 e.